The Morgan fingerprint density at radius 3 is 2.95 bits per heavy atom. The van der Waals surface area contributed by atoms with Crippen LogP contribution in [-0.2, 0) is 0 Å². The maximum Gasteiger partial charge on any atom is 0.269 e. The number of rotatable bonds is 6. The van der Waals surface area contributed by atoms with E-state index in [9.17, 15) is 4.79 Å². The molecule has 0 bridgehead atoms. The third-order valence-electron chi connectivity index (χ3n) is 3.50. The van der Waals surface area contributed by atoms with Crippen LogP contribution in [0, 0.1) is 0 Å². The molecule has 0 spiro atoms. The first kappa shape index (κ1) is 15.2. The molecule has 0 radical (unpaired) electrons. The number of nitrogens with one attached hydrogen (secondary N) is 2. The largest absolute Gasteiger partial charge is 0.384 e. The maximum absolute atomic E-state index is 12.1. The standard InChI is InChI=1S/C15H23N3OS/c1-3-8-16-12-5-6-13(17-10-12)14(19)18-11-15(2)7-4-9-20-15/h5-6,10,16H,3-4,7-9,11H2,1-2H3,(H,18,19). The fourth-order valence-electron chi connectivity index (χ4n) is 2.24. The zero-order valence-electron chi connectivity index (χ0n) is 12.2. The van der Waals surface area contributed by atoms with Crippen molar-refractivity contribution in [2.75, 3.05) is 24.2 Å². The number of carbonyl (C=O) groups excluding carboxylic acids is 1. The van der Waals surface area contributed by atoms with Crippen LogP contribution in [0.1, 0.15) is 43.6 Å². The molecule has 1 aromatic heterocycles. The first-order valence-electron chi connectivity index (χ1n) is 7.25. The summed E-state index contributed by atoms with van der Waals surface area (Å²) in [6.07, 6.45) is 5.20. The second-order valence-corrected chi connectivity index (χ2v) is 7.13. The van der Waals surface area contributed by atoms with Crippen LogP contribution in [0.15, 0.2) is 18.3 Å². The van der Waals surface area contributed by atoms with Gasteiger partial charge in [-0.15, -0.1) is 0 Å². The summed E-state index contributed by atoms with van der Waals surface area (Å²) in [5, 5.41) is 6.25. The van der Waals surface area contributed by atoms with Gasteiger partial charge in [-0.25, -0.2) is 4.98 Å². The minimum atomic E-state index is -0.0826. The molecule has 1 aliphatic heterocycles. The highest BCUT2D eigenvalue weighted by Gasteiger charge is 2.29. The lowest BCUT2D eigenvalue weighted by Crippen LogP contribution is -2.37. The van der Waals surface area contributed by atoms with Crippen LogP contribution in [0.3, 0.4) is 0 Å². The number of hydrogen-bond acceptors (Lipinski definition) is 4. The number of nitrogens with zero attached hydrogens (tertiary/aromatic N) is 1. The third kappa shape index (κ3) is 4.13. The van der Waals surface area contributed by atoms with E-state index in [0.29, 0.717) is 12.2 Å². The van der Waals surface area contributed by atoms with E-state index in [4.69, 9.17) is 0 Å². The monoisotopic (exact) mass is 293 g/mol. The van der Waals surface area contributed by atoms with Gasteiger partial charge in [-0.05, 0) is 44.1 Å². The minimum absolute atomic E-state index is 0.0826. The van der Waals surface area contributed by atoms with E-state index in [1.54, 1.807) is 12.3 Å². The lowest BCUT2D eigenvalue weighted by Gasteiger charge is -2.22. The molecule has 0 aliphatic carbocycles. The highest BCUT2D eigenvalue weighted by molar-refractivity contribution is 8.00. The zero-order valence-corrected chi connectivity index (χ0v) is 13.1. The minimum Gasteiger partial charge on any atom is -0.384 e. The number of pyridine rings is 1. The predicted octanol–water partition coefficient (Wildman–Crippen LogP) is 2.92. The topological polar surface area (TPSA) is 54.0 Å². The van der Waals surface area contributed by atoms with Gasteiger partial charge in [-0.3, -0.25) is 4.79 Å². The zero-order chi connectivity index (χ0) is 14.4. The molecule has 1 aromatic rings. The van der Waals surface area contributed by atoms with E-state index in [2.05, 4.69) is 29.5 Å². The van der Waals surface area contributed by atoms with Crippen LogP contribution in [-0.4, -0.2) is 34.5 Å². The summed E-state index contributed by atoms with van der Waals surface area (Å²) >= 11 is 1.95. The smallest absolute Gasteiger partial charge is 0.269 e. The summed E-state index contributed by atoms with van der Waals surface area (Å²) in [7, 11) is 0. The molecule has 2 rings (SSSR count). The Bertz CT molecular complexity index is 441. The van der Waals surface area contributed by atoms with Crippen molar-refractivity contribution in [1.82, 2.24) is 10.3 Å². The average molecular weight is 293 g/mol. The number of anilines is 1. The molecule has 0 aromatic carbocycles. The SMILES string of the molecule is CCCNc1ccc(C(=O)NCC2(C)CCCS2)nc1. The normalized spacial score (nSPS) is 21.7. The van der Waals surface area contributed by atoms with E-state index in [0.717, 1.165) is 18.7 Å². The fraction of sp³-hybridized carbons (Fsp3) is 0.600. The van der Waals surface area contributed by atoms with Crippen LogP contribution in [0.5, 0.6) is 0 Å². The van der Waals surface area contributed by atoms with Crippen molar-refractivity contribution in [2.45, 2.75) is 37.9 Å². The second-order valence-electron chi connectivity index (χ2n) is 5.44. The first-order valence-corrected chi connectivity index (χ1v) is 8.24. The Morgan fingerprint density at radius 1 is 1.50 bits per heavy atom. The molecule has 4 nitrogen and oxygen atoms in total. The Labute approximate surface area is 125 Å². The number of hydrogen-bond donors (Lipinski definition) is 2. The van der Waals surface area contributed by atoms with E-state index < -0.39 is 0 Å². The number of aromatic nitrogens is 1. The molecular formula is C15H23N3OS. The molecule has 1 unspecified atom stereocenters. The third-order valence-corrected chi connectivity index (χ3v) is 5.04. The summed E-state index contributed by atoms with van der Waals surface area (Å²) in [5.74, 6) is 1.11. The summed E-state index contributed by atoms with van der Waals surface area (Å²) < 4.78 is 0.193. The van der Waals surface area contributed by atoms with Gasteiger partial charge in [0.2, 0.25) is 0 Å². The number of thioether (sulfide) groups is 1. The van der Waals surface area contributed by atoms with Gasteiger partial charge < -0.3 is 10.6 Å². The lowest BCUT2D eigenvalue weighted by molar-refractivity contribution is 0.0945. The van der Waals surface area contributed by atoms with Crippen LogP contribution in [0.25, 0.3) is 0 Å². The molecule has 1 saturated heterocycles. The molecule has 1 fully saturated rings. The van der Waals surface area contributed by atoms with E-state index in [-0.39, 0.29) is 10.7 Å². The van der Waals surface area contributed by atoms with Gasteiger partial charge in [0.1, 0.15) is 5.69 Å². The van der Waals surface area contributed by atoms with Gasteiger partial charge in [0, 0.05) is 17.8 Å². The van der Waals surface area contributed by atoms with Gasteiger partial charge in [0.25, 0.3) is 5.91 Å². The van der Waals surface area contributed by atoms with Crippen molar-refractivity contribution in [3.05, 3.63) is 24.0 Å². The highest BCUT2D eigenvalue weighted by atomic mass is 32.2. The Kier molecular flexibility index (Phi) is 5.29. The van der Waals surface area contributed by atoms with Crippen molar-refractivity contribution >= 4 is 23.4 Å². The van der Waals surface area contributed by atoms with Gasteiger partial charge in [-0.2, -0.15) is 11.8 Å². The fourth-order valence-corrected chi connectivity index (χ4v) is 3.48. The molecular weight excluding hydrogens is 270 g/mol. The van der Waals surface area contributed by atoms with Crippen molar-refractivity contribution < 1.29 is 4.79 Å². The molecule has 1 atom stereocenters. The van der Waals surface area contributed by atoms with E-state index >= 15 is 0 Å². The molecule has 1 aliphatic rings. The highest BCUT2D eigenvalue weighted by Crippen LogP contribution is 2.36. The predicted molar refractivity (Wildman–Crippen MR) is 85.4 cm³/mol. The van der Waals surface area contributed by atoms with Gasteiger partial charge in [-0.1, -0.05) is 6.92 Å². The summed E-state index contributed by atoms with van der Waals surface area (Å²) in [4.78, 5) is 16.3. The van der Waals surface area contributed by atoms with E-state index in [1.165, 1.54) is 18.6 Å². The molecule has 5 heteroatoms. The molecule has 2 N–H and O–H groups in total. The van der Waals surface area contributed by atoms with Crippen molar-refractivity contribution in [2.24, 2.45) is 0 Å². The van der Waals surface area contributed by atoms with Gasteiger partial charge >= 0.3 is 0 Å². The van der Waals surface area contributed by atoms with Gasteiger partial charge in [0.15, 0.2) is 0 Å². The van der Waals surface area contributed by atoms with Crippen LogP contribution < -0.4 is 10.6 Å². The maximum atomic E-state index is 12.1. The van der Waals surface area contributed by atoms with Crippen LogP contribution in [0.4, 0.5) is 5.69 Å². The second kappa shape index (κ2) is 6.97. The quantitative estimate of drug-likeness (QED) is 0.847. The molecule has 0 saturated carbocycles. The van der Waals surface area contributed by atoms with Crippen molar-refractivity contribution in [1.29, 1.82) is 0 Å². The van der Waals surface area contributed by atoms with E-state index in [1.807, 2.05) is 17.8 Å². The number of amides is 1. The summed E-state index contributed by atoms with van der Waals surface area (Å²) in [6, 6.07) is 3.68. The Balaban J connectivity index is 1.85. The lowest BCUT2D eigenvalue weighted by atomic mass is 10.1. The molecule has 2 heterocycles. The molecule has 1 amide bonds. The van der Waals surface area contributed by atoms with Gasteiger partial charge in [0.05, 0.1) is 11.9 Å². The molecule has 110 valence electrons. The van der Waals surface area contributed by atoms with Crippen LogP contribution in [0.2, 0.25) is 0 Å². The van der Waals surface area contributed by atoms with Crippen molar-refractivity contribution in [3.63, 3.8) is 0 Å². The first-order chi connectivity index (χ1) is 9.63. The Morgan fingerprint density at radius 2 is 2.35 bits per heavy atom. The van der Waals surface area contributed by atoms with Crippen LogP contribution >= 0.6 is 11.8 Å². The number of carbonyl (C=O) groups is 1. The Hall–Kier alpha value is -1.23. The van der Waals surface area contributed by atoms with Crippen molar-refractivity contribution in [3.8, 4) is 0 Å². The molecule has 20 heavy (non-hydrogen) atoms. The summed E-state index contributed by atoms with van der Waals surface area (Å²) in [5.41, 5.74) is 1.44. The summed E-state index contributed by atoms with van der Waals surface area (Å²) in [6.45, 7) is 5.97. The average Bonchev–Trinajstić information content (AvgIpc) is 2.90.